The molecule has 5 heteroatoms. The molecule has 0 amide bonds. The third-order valence-corrected chi connectivity index (χ3v) is 4.14. The molecule has 96 valence electrons. The molecule has 0 unspecified atom stereocenters. The lowest BCUT2D eigenvalue weighted by atomic mass is 9.95. The quantitative estimate of drug-likeness (QED) is 0.928. The number of hydrogen-bond acceptors (Lipinski definition) is 2. The van der Waals surface area contributed by atoms with Gasteiger partial charge in [-0.3, -0.25) is 0 Å². The second kappa shape index (κ2) is 5.08. The number of nitrogens with two attached hydrogens (primary N) is 1. The van der Waals surface area contributed by atoms with Crippen LogP contribution in [0.25, 0.3) is 0 Å². The minimum Gasteiger partial charge on any atom is -0.225 e. The van der Waals surface area contributed by atoms with Crippen LogP contribution in [0, 0.1) is 0 Å². The van der Waals surface area contributed by atoms with Crippen molar-refractivity contribution in [1.82, 2.24) is 0 Å². The van der Waals surface area contributed by atoms with Gasteiger partial charge in [0.2, 0.25) is 10.0 Å². The van der Waals surface area contributed by atoms with Crippen LogP contribution in [0.15, 0.2) is 21.5 Å². The summed E-state index contributed by atoms with van der Waals surface area (Å²) in [5.41, 5.74) is 1.54. The normalized spacial score (nSPS) is 12.5. The molecule has 0 fully saturated rings. The molecule has 3 nitrogen and oxygen atoms in total. The summed E-state index contributed by atoms with van der Waals surface area (Å²) >= 11 is 3.41. The molecule has 0 saturated heterocycles. The maximum absolute atomic E-state index is 11.8. The van der Waals surface area contributed by atoms with Crippen LogP contribution in [0.5, 0.6) is 0 Å². The standard InChI is InChI=1S/C12H18BrNO2S/c1-7(2)10-5-9(13)6-11(8(3)4)12(10)17(14,15)16/h5-8H,1-4H3,(H2,14,15,16). The zero-order valence-electron chi connectivity index (χ0n) is 10.5. The minimum atomic E-state index is -3.69. The van der Waals surface area contributed by atoms with E-state index in [9.17, 15) is 8.42 Å². The van der Waals surface area contributed by atoms with E-state index in [1.54, 1.807) is 0 Å². The first-order valence-corrected chi connectivity index (χ1v) is 7.84. The van der Waals surface area contributed by atoms with Crippen LogP contribution in [0.1, 0.15) is 50.7 Å². The van der Waals surface area contributed by atoms with Gasteiger partial charge in [0.15, 0.2) is 0 Å². The van der Waals surface area contributed by atoms with Gasteiger partial charge in [0.25, 0.3) is 0 Å². The predicted octanol–water partition coefficient (Wildman–Crippen LogP) is 3.34. The van der Waals surface area contributed by atoms with E-state index < -0.39 is 10.0 Å². The van der Waals surface area contributed by atoms with Crippen molar-refractivity contribution in [1.29, 1.82) is 0 Å². The Bertz CT molecular complexity index is 492. The molecule has 1 aromatic carbocycles. The summed E-state index contributed by atoms with van der Waals surface area (Å²) in [5, 5.41) is 5.34. The molecule has 0 saturated carbocycles. The van der Waals surface area contributed by atoms with E-state index in [-0.39, 0.29) is 16.7 Å². The fourth-order valence-electron chi connectivity index (χ4n) is 1.82. The lowest BCUT2D eigenvalue weighted by Crippen LogP contribution is -2.18. The first-order chi connectivity index (χ1) is 7.64. The maximum atomic E-state index is 11.8. The molecular formula is C12H18BrNO2S. The van der Waals surface area contributed by atoms with Gasteiger partial charge in [-0.05, 0) is 35.1 Å². The van der Waals surface area contributed by atoms with Crippen LogP contribution in [0.2, 0.25) is 0 Å². The number of hydrogen-bond donors (Lipinski definition) is 1. The summed E-state index contributed by atoms with van der Waals surface area (Å²) in [6.45, 7) is 7.84. The Morgan fingerprint density at radius 3 is 1.65 bits per heavy atom. The molecule has 1 rings (SSSR count). The second-order valence-electron chi connectivity index (χ2n) is 4.77. The van der Waals surface area contributed by atoms with Gasteiger partial charge in [0, 0.05) is 4.47 Å². The van der Waals surface area contributed by atoms with E-state index in [1.165, 1.54) is 0 Å². The lowest BCUT2D eigenvalue weighted by molar-refractivity contribution is 0.592. The fraction of sp³-hybridized carbons (Fsp3) is 0.500. The first-order valence-electron chi connectivity index (χ1n) is 5.50. The van der Waals surface area contributed by atoms with Crippen LogP contribution in [0.4, 0.5) is 0 Å². The molecular weight excluding hydrogens is 302 g/mol. The molecule has 1 aromatic rings. The van der Waals surface area contributed by atoms with Gasteiger partial charge >= 0.3 is 0 Å². The molecule has 17 heavy (non-hydrogen) atoms. The molecule has 0 aliphatic carbocycles. The third-order valence-electron chi connectivity index (χ3n) is 2.64. The van der Waals surface area contributed by atoms with Crippen molar-refractivity contribution in [3.05, 3.63) is 27.7 Å². The third kappa shape index (κ3) is 3.30. The molecule has 0 heterocycles. The van der Waals surface area contributed by atoms with Crippen LogP contribution >= 0.6 is 15.9 Å². The van der Waals surface area contributed by atoms with Gasteiger partial charge in [-0.25, -0.2) is 13.6 Å². The SMILES string of the molecule is CC(C)c1cc(Br)cc(C(C)C)c1S(N)(=O)=O. The number of sulfonamides is 1. The summed E-state index contributed by atoms with van der Waals surface area (Å²) in [6.07, 6.45) is 0. The van der Waals surface area contributed by atoms with Crippen molar-refractivity contribution in [3.63, 3.8) is 0 Å². The highest BCUT2D eigenvalue weighted by molar-refractivity contribution is 9.10. The topological polar surface area (TPSA) is 60.2 Å². The van der Waals surface area contributed by atoms with Crippen molar-refractivity contribution < 1.29 is 8.42 Å². The lowest BCUT2D eigenvalue weighted by Gasteiger charge is -2.18. The van der Waals surface area contributed by atoms with E-state index >= 15 is 0 Å². The molecule has 0 aromatic heterocycles. The zero-order chi connectivity index (χ0) is 13.4. The van der Waals surface area contributed by atoms with Crippen molar-refractivity contribution in [2.45, 2.75) is 44.4 Å². The monoisotopic (exact) mass is 319 g/mol. The Kier molecular flexibility index (Phi) is 4.38. The number of halogens is 1. The highest BCUT2D eigenvalue weighted by Crippen LogP contribution is 2.33. The summed E-state index contributed by atoms with van der Waals surface area (Å²) < 4.78 is 24.4. The van der Waals surface area contributed by atoms with Crippen LogP contribution < -0.4 is 5.14 Å². The molecule has 0 spiro atoms. The fourth-order valence-corrected chi connectivity index (χ4v) is 3.56. The van der Waals surface area contributed by atoms with Gasteiger partial charge in [-0.15, -0.1) is 0 Å². The van der Waals surface area contributed by atoms with Gasteiger partial charge in [0.05, 0.1) is 4.90 Å². The molecule has 0 radical (unpaired) electrons. The maximum Gasteiger partial charge on any atom is 0.238 e. The van der Waals surface area contributed by atoms with Crippen molar-refractivity contribution in [2.24, 2.45) is 5.14 Å². The Hall–Kier alpha value is -0.390. The minimum absolute atomic E-state index is 0.110. The van der Waals surface area contributed by atoms with Gasteiger partial charge in [0.1, 0.15) is 0 Å². The summed E-state index contributed by atoms with van der Waals surface area (Å²) in [5.74, 6) is 0.219. The van der Waals surface area contributed by atoms with Crippen molar-refractivity contribution in [2.75, 3.05) is 0 Å². The first kappa shape index (κ1) is 14.7. The van der Waals surface area contributed by atoms with E-state index in [0.717, 1.165) is 15.6 Å². The predicted molar refractivity (Wildman–Crippen MR) is 73.7 cm³/mol. The van der Waals surface area contributed by atoms with Crippen LogP contribution in [-0.2, 0) is 10.0 Å². The van der Waals surface area contributed by atoms with Gasteiger partial charge in [-0.1, -0.05) is 43.6 Å². The van der Waals surface area contributed by atoms with Crippen LogP contribution in [0.3, 0.4) is 0 Å². The Morgan fingerprint density at radius 1 is 1.06 bits per heavy atom. The van der Waals surface area contributed by atoms with Crippen molar-refractivity contribution in [3.8, 4) is 0 Å². The van der Waals surface area contributed by atoms with Crippen LogP contribution in [-0.4, -0.2) is 8.42 Å². The number of primary sulfonamides is 1. The highest BCUT2D eigenvalue weighted by atomic mass is 79.9. The average Bonchev–Trinajstić information content (AvgIpc) is 2.14. The second-order valence-corrected chi connectivity index (χ2v) is 7.18. The van der Waals surface area contributed by atoms with Crippen molar-refractivity contribution >= 4 is 26.0 Å². The summed E-state index contributed by atoms with van der Waals surface area (Å²) in [4.78, 5) is 0.283. The Labute approximate surface area is 112 Å². The summed E-state index contributed by atoms with van der Waals surface area (Å²) in [6, 6.07) is 3.66. The highest BCUT2D eigenvalue weighted by Gasteiger charge is 2.23. The Balaban J connectivity index is 3.72. The van der Waals surface area contributed by atoms with E-state index in [2.05, 4.69) is 15.9 Å². The van der Waals surface area contributed by atoms with E-state index in [4.69, 9.17) is 5.14 Å². The van der Waals surface area contributed by atoms with E-state index in [1.807, 2.05) is 39.8 Å². The molecule has 0 aliphatic heterocycles. The zero-order valence-corrected chi connectivity index (χ0v) is 12.9. The largest absolute Gasteiger partial charge is 0.238 e. The molecule has 0 aliphatic rings. The van der Waals surface area contributed by atoms with E-state index in [0.29, 0.717) is 0 Å². The average molecular weight is 320 g/mol. The van der Waals surface area contributed by atoms with Gasteiger partial charge in [-0.2, -0.15) is 0 Å². The Morgan fingerprint density at radius 2 is 1.41 bits per heavy atom. The smallest absolute Gasteiger partial charge is 0.225 e. The van der Waals surface area contributed by atoms with Gasteiger partial charge < -0.3 is 0 Å². The number of benzene rings is 1. The molecule has 2 N–H and O–H groups in total. The molecule has 0 bridgehead atoms. The summed E-state index contributed by atoms with van der Waals surface area (Å²) in [7, 11) is -3.69. The molecule has 0 atom stereocenters. The number of rotatable bonds is 3.